The van der Waals surface area contributed by atoms with Crippen LogP contribution in [0.5, 0.6) is 0 Å². The minimum Gasteiger partial charge on any atom is -0.481 e. The Balaban J connectivity index is 2.12. The number of benzene rings is 1. The highest BCUT2D eigenvalue weighted by atomic mass is 16.4. The molecule has 1 aromatic heterocycles. The van der Waals surface area contributed by atoms with Gasteiger partial charge < -0.3 is 9.67 Å². The van der Waals surface area contributed by atoms with Crippen molar-refractivity contribution in [3.63, 3.8) is 0 Å². The van der Waals surface area contributed by atoms with Crippen LogP contribution in [0, 0.1) is 0 Å². The van der Waals surface area contributed by atoms with E-state index in [0.29, 0.717) is 6.42 Å². The van der Waals surface area contributed by atoms with Crippen LogP contribution in [0.2, 0.25) is 0 Å². The van der Waals surface area contributed by atoms with Crippen molar-refractivity contribution < 1.29 is 9.90 Å². The molecule has 1 unspecified atom stereocenters. The average molecular weight is 275 g/mol. The molecule has 1 heterocycles. The van der Waals surface area contributed by atoms with Gasteiger partial charge in [0.25, 0.3) is 0 Å². The quantitative estimate of drug-likeness (QED) is 0.879. The van der Waals surface area contributed by atoms with E-state index in [1.165, 1.54) is 0 Å². The number of fused-ring (bicyclic) bond motifs is 1. The van der Waals surface area contributed by atoms with Crippen molar-refractivity contribution in [2.75, 3.05) is 13.6 Å². The maximum Gasteiger partial charge on any atom is 0.303 e. The van der Waals surface area contributed by atoms with E-state index in [1.54, 1.807) is 0 Å². The molecule has 0 saturated heterocycles. The van der Waals surface area contributed by atoms with Crippen LogP contribution in [0.15, 0.2) is 24.3 Å². The van der Waals surface area contributed by atoms with E-state index < -0.39 is 5.97 Å². The third-order valence-corrected chi connectivity index (χ3v) is 3.76. The summed E-state index contributed by atoms with van der Waals surface area (Å²) >= 11 is 0. The van der Waals surface area contributed by atoms with Gasteiger partial charge in [0, 0.05) is 13.5 Å². The molecule has 0 aliphatic rings. The number of aromatic nitrogens is 2. The summed E-state index contributed by atoms with van der Waals surface area (Å²) in [5.41, 5.74) is 2.11. The molecule has 2 aromatic rings. The molecule has 0 saturated carbocycles. The zero-order valence-electron chi connectivity index (χ0n) is 12.2. The fourth-order valence-corrected chi connectivity index (χ4v) is 2.41. The van der Waals surface area contributed by atoms with E-state index in [9.17, 15) is 4.79 Å². The van der Waals surface area contributed by atoms with E-state index in [0.717, 1.165) is 23.4 Å². The minimum atomic E-state index is -0.742. The molecule has 0 aliphatic heterocycles. The van der Waals surface area contributed by atoms with Gasteiger partial charge in [0.2, 0.25) is 0 Å². The first-order valence-corrected chi connectivity index (χ1v) is 6.84. The Bertz CT molecular complexity index is 606. The highest BCUT2D eigenvalue weighted by molar-refractivity contribution is 5.75. The Hall–Kier alpha value is -1.88. The molecular weight excluding hydrogens is 254 g/mol. The summed E-state index contributed by atoms with van der Waals surface area (Å²) in [5, 5.41) is 8.69. The molecule has 5 nitrogen and oxygen atoms in total. The van der Waals surface area contributed by atoms with Crippen LogP contribution < -0.4 is 0 Å². The number of para-hydroxylation sites is 2. The predicted molar refractivity (Wildman–Crippen MR) is 78.6 cm³/mol. The third-order valence-electron chi connectivity index (χ3n) is 3.76. The van der Waals surface area contributed by atoms with Gasteiger partial charge >= 0.3 is 5.97 Å². The number of hydrogen-bond acceptors (Lipinski definition) is 3. The van der Waals surface area contributed by atoms with Crippen LogP contribution >= 0.6 is 0 Å². The van der Waals surface area contributed by atoms with E-state index in [4.69, 9.17) is 5.11 Å². The molecule has 0 fully saturated rings. The van der Waals surface area contributed by atoms with Crippen LogP contribution in [-0.4, -0.2) is 39.1 Å². The van der Waals surface area contributed by atoms with Crippen molar-refractivity contribution in [2.24, 2.45) is 7.05 Å². The lowest BCUT2D eigenvalue weighted by Gasteiger charge is -2.24. The second-order valence-electron chi connectivity index (χ2n) is 5.17. The second kappa shape index (κ2) is 6.05. The van der Waals surface area contributed by atoms with E-state index in [2.05, 4.69) is 27.4 Å². The highest BCUT2D eigenvalue weighted by Crippen LogP contribution is 2.22. The molecule has 1 atom stereocenters. The molecule has 20 heavy (non-hydrogen) atoms. The van der Waals surface area contributed by atoms with Gasteiger partial charge in [-0.2, -0.15) is 0 Å². The number of imidazole rings is 1. The minimum absolute atomic E-state index is 0.154. The van der Waals surface area contributed by atoms with Crippen molar-refractivity contribution in [3.8, 4) is 0 Å². The summed E-state index contributed by atoms with van der Waals surface area (Å²) in [6.07, 6.45) is 0.861. The summed E-state index contributed by atoms with van der Waals surface area (Å²) in [7, 11) is 4.03. The Kier molecular flexibility index (Phi) is 4.39. The maximum atomic E-state index is 10.6. The molecule has 0 amide bonds. The molecular formula is C15H21N3O2. The van der Waals surface area contributed by atoms with Crippen LogP contribution in [0.25, 0.3) is 11.0 Å². The molecule has 0 radical (unpaired) electrons. The normalized spacial score (nSPS) is 13.0. The summed E-state index contributed by atoms with van der Waals surface area (Å²) in [4.78, 5) is 17.4. The van der Waals surface area contributed by atoms with Crippen molar-refractivity contribution in [2.45, 2.75) is 25.8 Å². The molecule has 5 heteroatoms. The van der Waals surface area contributed by atoms with Gasteiger partial charge in [-0.3, -0.25) is 9.69 Å². The molecule has 0 spiro atoms. The summed E-state index contributed by atoms with van der Waals surface area (Å²) in [5.74, 6) is 0.262. The predicted octanol–water partition coefficient (Wildman–Crippen LogP) is 2.43. The number of carboxylic acids is 1. The Morgan fingerprint density at radius 2 is 2.15 bits per heavy atom. The van der Waals surface area contributed by atoms with E-state index in [1.807, 2.05) is 32.3 Å². The van der Waals surface area contributed by atoms with Crippen molar-refractivity contribution in [1.29, 1.82) is 0 Å². The van der Waals surface area contributed by atoms with Gasteiger partial charge in [-0.05, 0) is 39.1 Å². The number of carbonyl (C=O) groups is 1. The van der Waals surface area contributed by atoms with Gasteiger partial charge in [0.05, 0.1) is 17.1 Å². The van der Waals surface area contributed by atoms with Crippen LogP contribution in [0.4, 0.5) is 0 Å². The SMILES string of the molecule is CC(c1nc2ccccc2n1C)N(C)CCCC(=O)O. The lowest BCUT2D eigenvalue weighted by Crippen LogP contribution is -2.26. The highest BCUT2D eigenvalue weighted by Gasteiger charge is 2.18. The largest absolute Gasteiger partial charge is 0.481 e. The van der Waals surface area contributed by atoms with Crippen molar-refractivity contribution in [1.82, 2.24) is 14.5 Å². The number of carboxylic acid groups (broad SMARTS) is 1. The topological polar surface area (TPSA) is 58.4 Å². The molecule has 1 aromatic carbocycles. The molecule has 2 rings (SSSR count). The molecule has 1 N–H and O–H groups in total. The fourth-order valence-electron chi connectivity index (χ4n) is 2.41. The number of nitrogens with zero attached hydrogens (tertiary/aromatic N) is 3. The standard InChI is InChI=1S/C15H21N3O2/c1-11(17(2)10-6-9-14(19)20)15-16-12-7-4-5-8-13(12)18(15)3/h4-5,7-8,11H,6,9-10H2,1-3H3,(H,19,20). The lowest BCUT2D eigenvalue weighted by atomic mass is 10.2. The van der Waals surface area contributed by atoms with Crippen molar-refractivity contribution in [3.05, 3.63) is 30.1 Å². The first-order valence-electron chi connectivity index (χ1n) is 6.84. The average Bonchev–Trinajstić information content (AvgIpc) is 2.75. The number of rotatable bonds is 6. The maximum absolute atomic E-state index is 10.6. The van der Waals surface area contributed by atoms with Crippen LogP contribution in [-0.2, 0) is 11.8 Å². The number of aryl methyl sites for hydroxylation is 1. The van der Waals surface area contributed by atoms with Gasteiger partial charge in [-0.25, -0.2) is 4.98 Å². The summed E-state index contributed by atoms with van der Waals surface area (Å²) < 4.78 is 2.10. The first-order chi connectivity index (χ1) is 9.50. The van der Waals surface area contributed by atoms with E-state index >= 15 is 0 Å². The Morgan fingerprint density at radius 3 is 2.80 bits per heavy atom. The second-order valence-corrected chi connectivity index (χ2v) is 5.17. The smallest absolute Gasteiger partial charge is 0.303 e. The Labute approximate surface area is 118 Å². The van der Waals surface area contributed by atoms with E-state index in [-0.39, 0.29) is 12.5 Å². The number of aliphatic carboxylic acids is 1. The monoisotopic (exact) mass is 275 g/mol. The van der Waals surface area contributed by atoms with Gasteiger partial charge in [-0.1, -0.05) is 12.1 Å². The molecule has 108 valence electrons. The van der Waals surface area contributed by atoms with Crippen molar-refractivity contribution >= 4 is 17.0 Å². The van der Waals surface area contributed by atoms with Gasteiger partial charge in [-0.15, -0.1) is 0 Å². The molecule has 0 aliphatic carbocycles. The Morgan fingerprint density at radius 1 is 1.45 bits per heavy atom. The fraction of sp³-hybridized carbons (Fsp3) is 0.467. The zero-order valence-corrected chi connectivity index (χ0v) is 12.2. The molecule has 0 bridgehead atoms. The number of hydrogen-bond donors (Lipinski definition) is 1. The van der Waals surface area contributed by atoms with Crippen LogP contribution in [0.3, 0.4) is 0 Å². The van der Waals surface area contributed by atoms with Gasteiger partial charge in [0.15, 0.2) is 0 Å². The van der Waals surface area contributed by atoms with Gasteiger partial charge in [0.1, 0.15) is 5.82 Å². The third kappa shape index (κ3) is 2.99. The zero-order chi connectivity index (χ0) is 14.7. The van der Waals surface area contributed by atoms with Crippen LogP contribution in [0.1, 0.15) is 31.6 Å². The first kappa shape index (κ1) is 14.5. The summed E-state index contributed by atoms with van der Waals surface area (Å²) in [6.45, 7) is 2.85. The summed E-state index contributed by atoms with van der Waals surface area (Å²) in [6, 6.07) is 8.22. The lowest BCUT2D eigenvalue weighted by molar-refractivity contribution is -0.137.